The molecule has 3 aliphatic rings. The summed E-state index contributed by atoms with van der Waals surface area (Å²) in [5.41, 5.74) is 0.823. The fourth-order valence-corrected chi connectivity index (χ4v) is 10.2. The molecule has 0 bridgehead atoms. The predicted molar refractivity (Wildman–Crippen MR) is 292 cm³/mol. The van der Waals surface area contributed by atoms with Crippen LogP contribution in [0.2, 0.25) is 0 Å². The lowest BCUT2D eigenvalue weighted by molar-refractivity contribution is -0.143. The van der Waals surface area contributed by atoms with Crippen LogP contribution in [0.4, 0.5) is 23.0 Å². The van der Waals surface area contributed by atoms with E-state index in [9.17, 15) is 28.8 Å². The minimum atomic E-state index is -0.846. The molecular weight excluding hydrogens is 973 g/mol. The average molecular weight is 1050 g/mol. The number of likely N-dealkylation sites (tertiary alicyclic amines) is 2. The highest BCUT2D eigenvalue weighted by Gasteiger charge is 2.44. The Balaban J connectivity index is 1.01. The van der Waals surface area contributed by atoms with Crippen molar-refractivity contribution in [2.75, 3.05) is 62.7 Å². The molecule has 412 valence electrons. The zero-order valence-corrected chi connectivity index (χ0v) is 46.1. The second kappa shape index (κ2) is 23.9. The fourth-order valence-electron chi connectivity index (χ4n) is 10.2. The number of benzene rings is 2. The van der Waals surface area contributed by atoms with E-state index in [1.165, 1.54) is 26.9 Å². The number of hydrogen-bond donors (Lipinski definition) is 8. The first-order chi connectivity index (χ1) is 36.1. The maximum atomic E-state index is 14.1. The Labute approximate surface area is 445 Å². The Morgan fingerprint density at radius 3 is 1.26 bits per heavy atom. The van der Waals surface area contributed by atoms with Crippen molar-refractivity contribution in [1.29, 1.82) is 0 Å². The maximum absolute atomic E-state index is 14.1. The second-order valence-electron chi connectivity index (χ2n) is 22.4. The van der Waals surface area contributed by atoms with Crippen molar-refractivity contribution in [1.82, 2.24) is 51.0 Å². The van der Waals surface area contributed by atoms with E-state index >= 15 is 0 Å². The third-order valence-electron chi connectivity index (χ3n) is 15.0. The van der Waals surface area contributed by atoms with Crippen LogP contribution in [0.1, 0.15) is 107 Å². The summed E-state index contributed by atoms with van der Waals surface area (Å²) in [6.07, 6.45) is 8.35. The minimum Gasteiger partial charge on any atom is -0.494 e. The molecule has 3 fully saturated rings. The molecule has 0 unspecified atom stereocenters. The van der Waals surface area contributed by atoms with E-state index in [2.05, 4.69) is 62.5 Å². The van der Waals surface area contributed by atoms with E-state index in [0.717, 1.165) is 25.7 Å². The monoisotopic (exact) mass is 1050 g/mol. The molecule has 1 aliphatic carbocycles. The number of amides is 6. The normalized spacial score (nSPS) is 20.5. The molecule has 4 aromatic rings. The molecule has 2 aromatic carbocycles. The highest BCUT2D eigenvalue weighted by Crippen LogP contribution is 2.37. The van der Waals surface area contributed by atoms with Crippen molar-refractivity contribution in [3.63, 3.8) is 0 Å². The quantitative estimate of drug-likeness (QED) is 0.0678. The predicted octanol–water partition coefficient (Wildman–Crippen LogP) is 4.56. The summed E-state index contributed by atoms with van der Waals surface area (Å²) in [7, 11) is 6.40. The van der Waals surface area contributed by atoms with E-state index < -0.39 is 47.1 Å². The summed E-state index contributed by atoms with van der Waals surface area (Å²) >= 11 is 0. The largest absolute Gasteiger partial charge is 0.494 e. The van der Waals surface area contributed by atoms with E-state index in [0.29, 0.717) is 95.1 Å². The Morgan fingerprint density at radius 2 is 0.934 bits per heavy atom. The van der Waals surface area contributed by atoms with E-state index in [4.69, 9.17) is 9.47 Å². The van der Waals surface area contributed by atoms with Crippen molar-refractivity contribution in [3.8, 4) is 11.5 Å². The van der Waals surface area contributed by atoms with Gasteiger partial charge >= 0.3 is 0 Å². The Bertz CT molecular complexity index is 2600. The van der Waals surface area contributed by atoms with Gasteiger partial charge in [0.1, 0.15) is 60.0 Å². The lowest BCUT2D eigenvalue weighted by Gasteiger charge is -2.36. The van der Waals surface area contributed by atoms with E-state index in [1.54, 1.807) is 62.0 Å². The van der Waals surface area contributed by atoms with Crippen LogP contribution in [0.5, 0.6) is 11.5 Å². The number of hydrogen-bond acceptors (Lipinski definition) is 16. The fraction of sp³-hybridized carbons (Fsp3) is 0.593. The van der Waals surface area contributed by atoms with Gasteiger partial charge in [-0.2, -0.15) is 0 Å². The SMILES string of the molecule is CN[C@@H](C)C(=O)N[C@H](C(=O)N1CCC[C@H]1C(=O)Nc1cc2c(NC3CCC(Nc4ncnc5cc(OC)c(NC(=O)[C@@H]6CCCN6C(=O)[C@@H](NC(=O)[C@H](C)NC)C(C)(C)C)cc45)CC3)ncnc2cc1OC)C(C)(C)C. The van der Waals surface area contributed by atoms with Gasteiger partial charge in [0.2, 0.25) is 35.4 Å². The maximum Gasteiger partial charge on any atom is 0.247 e. The number of fused-ring (bicyclic) bond motifs is 2. The first-order valence-electron chi connectivity index (χ1n) is 26.4. The van der Waals surface area contributed by atoms with E-state index in [-0.39, 0.29) is 47.5 Å². The Kier molecular flexibility index (Phi) is 17.9. The smallest absolute Gasteiger partial charge is 0.247 e. The summed E-state index contributed by atoms with van der Waals surface area (Å²) in [5.74, 6) is 0.0670. The zero-order valence-electron chi connectivity index (χ0n) is 46.1. The van der Waals surface area contributed by atoms with Gasteiger partial charge in [-0.15, -0.1) is 0 Å². The number of anilines is 4. The van der Waals surface area contributed by atoms with Crippen molar-refractivity contribution in [3.05, 3.63) is 36.9 Å². The minimum absolute atomic E-state index is 0.0591. The van der Waals surface area contributed by atoms with Crippen LogP contribution in [0.25, 0.3) is 21.8 Å². The van der Waals surface area contributed by atoms with E-state index in [1.807, 2.05) is 41.5 Å². The molecule has 0 radical (unpaired) electrons. The number of carbonyl (C=O) groups is 6. The Morgan fingerprint density at radius 1 is 0.566 bits per heavy atom. The lowest BCUT2D eigenvalue weighted by atomic mass is 9.85. The molecular formula is C54H78N14O8. The molecule has 2 aromatic heterocycles. The number of rotatable bonds is 18. The summed E-state index contributed by atoms with van der Waals surface area (Å²) in [6, 6.07) is 3.01. The van der Waals surface area contributed by atoms with Crippen LogP contribution in [-0.2, 0) is 28.8 Å². The van der Waals surface area contributed by atoms with Crippen LogP contribution in [0, 0.1) is 10.8 Å². The number of carbonyl (C=O) groups excluding carboxylic acids is 6. The molecule has 76 heavy (non-hydrogen) atoms. The topological polar surface area (TPSA) is 275 Å². The molecule has 4 heterocycles. The van der Waals surface area contributed by atoms with Gasteiger partial charge in [-0.1, -0.05) is 41.5 Å². The van der Waals surface area contributed by atoms with Gasteiger partial charge < -0.3 is 61.8 Å². The zero-order chi connectivity index (χ0) is 55.2. The van der Waals surface area contributed by atoms with Gasteiger partial charge in [-0.3, -0.25) is 28.8 Å². The van der Waals surface area contributed by atoms with Crippen molar-refractivity contribution in [2.24, 2.45) is 10.8 Å². The Hall–Kier alpha value is -6.94. The number of nitrogens with one attached hydrogen (secondary N) is 8. The van der Waals surface area contributed by atoms with Crippen LogP contribution < -0.4 is 52.0 Å². The van der Waals surface area contributed by atoms with Crippen LogP contribution >= 0.6 is 0 Å². The number of ether oxygens (including phenoxy) is 2. The van der Waals surface area contributed by atoms with Crippen LogP contribution in [0.15, 0.2) is 36.9 Å². The second-order valence-corrected chi connectivity index (χ2v) is 22.4. The number of methoxy groups -OCH3 is 2. The number of aromatic nitrogens is 4. The van der Waals surface area contributed by atoms with Crippen molar-refractivity contribution < 1.29 is 38.2 Å². The molecule has 6 atom stereocenters. The summed E-state index contributed by atoms with van der Waals surface area (Å²) in [6.45, 7) is 15.5. The molecule has 6 amide bonds. The first kappa shape index (κ1) is 56.8. The molecule has 22 heteroatoms. The number of nitrogens with zero attached hydrogens (tertiary/aromatic N) is 6. The molecule has 1 saturated carbocycles. The van der Waals surface area contributed by atoms with Gasteiger partial charge in [0.05, 0.1) is 48.7 Å². The van der Waals surface area contributed by atoms with Gasteiger partial charge in [-0.25, -0.2) is 19.9 Å². The van der Waals surface area contributed by atoms with Gasteiger partial charge in [0.15, 0.2) is 0 Å². The van der Waals surface area contributed by atoms with Crippen LogP contribution in [0.3, 0.4) is 0 Å². The van der Waals surface area contributed by atoms with Crippen molar-refractivity contribution in [2.45, 2.75) is 155 Å². The third-order valence-corrected chi connectivity index (χ3v) is 15.0. The molecule has 2 saturated heterocycles. The highest BCUT2D eigenvalue weighted by atomic mass is 16.5. The highest BCUT2D eigenvalue weighted by molar-refractivity contribution is 6.04. The summed E-state index contributed by atoms with van der Waals surface area (Å²) in [4.78, 5) is 104. The average Bonchev–Trinajstić information content (AvgIpc) is 4.12. The van der Waals surface area contributed by atoms with Gasteiger partial charge in [-0.05, 0) is 102 Å². The van der Waals surface area contributed by atoms with Crippen molar-refractivity contribution >= 4 is 80.3 Å². The van der Waals surface area contributed by atoms with Gasteiger partial charge in [0.25, 0.3) is 0 Å². The summed E-state index contributed by atoms with van der Waals surface area (Å²) in [5, 5.41) is 26.4. The molecule has 7 rings (SSSR count). The molecule has 0 spiro atoms. The molecule has 2 aliphatic heterocycles. The summed E-state index contributed by atoms with van der Waals surface area (Å²) < 4.78 is 11.5. The van der Waals surface area contributed by atoms with Gasteiger partial charge in [0, 0.05) is 48.1 Å². The third kappa shape index (κ3) is 12.8. The standard InChI is InChI=1S/C54H78N14O8/c1-29(55-9)47(69)65-43(53(3,4)5)51(73)67-21-13-15-39(67)49(71)63-37-23-33-35(25-41(37)75-11)57-27-59-45(33)61-31-17-19-32(20-18-31)62-46-34-24-38(42(76-12)26-36(34)58-28-60-46)64-50(72)40-16-14-22-68(40)52(74)44(54(6,7)8)66-48(70)30(2)56-10/h23-32,39-40,43-44,55-56H,13-22H2,1-12H3,(H,63,71)(H,64,72)(H,65,69)(H,66,70)(H,57,59,61)(H,58,60,62)/t29-,30-,31?,32?,39-,40-,43+,44+/m0/s1. The number of likely N-dealkylation sites (N-methyl/N-ethyl adjacent to an activating group) is 2. The first-order valence-corrected chi connectivity index (χ1v) is 26.4. The molecule has 8 N–H and O–H groups in total. The molecule has 22 nitrogen and oxygen atoms in total. The van der Waals surface area contributed by atoms with Crippen LogP contribution in [-0.4, -0.2) is 155 Å². The lowest BCUT2D eigenvalue weighted by Crippen LogP contribution is -2.59.